The van der Waals surface area contributed by atoms with Crippen molar-refractivity contribution >= 4 is 23.3 Å². The van der Waals surface area contributed by atoms with Crippen molar-refractivity contribution in [3.05, 3.63) is 81.0 Å². The Hall–Kier alpha value is -3.90. The Bertz CT molecular complexity index is 1460. The van der Waals surface area contributed by atoms with Gasteiger partial charge in [-0.25, -0.2) is 4.39 Å². The largest absolute Gasteiger partial charge is 0.495 e. The number of halogens is 5. The molecule has 0 aliphatic heterocycles. The van der Waals surface area contributed by atoms with E-state index in [2.05, 4.69) is 0 Å². The van der Waals surface area contributed by atoms with Crippen molar-refractivity contribution in [2.75, 3.05) is 27.4 Å². The second-order valence-electron chi connectivity index (χ2n) is 8.66. The van der Waals surface area contributed by atoms with Crippen LogP contribution in [-0.2, 0) is 16.0 Å². The number of Topliss-reactive ketones (excluding diaryl/α,β-unsaturated/α-hetero) is 1. The van der Waals surface area contributed by atoms with Crippen LogP contribution in [0.15, 0.2) is 53.5 Å². The average Bonchev–Trinajstić information content (AvgIpc) is 2.88. The highest BCUT2D eigenvalue weighted by Crippen LogP contribution is 2.38. The molecule has 2 N–H and O–H groups in total. The van der Waals surface area contributed by atoms with Crippen molar-refractivity contribution < 1.29 is 41.4 Å². The summed E-state index contributed by atoms with van der Waals surface area (Å²) in [4.78, 5) is 37.9. The van der Waals surface area contributed by atoms with Gasteiger partial charge in [-0.3, -0.25) is 14.4 Å². The van der Waals surface area contributed by atoms with E-state index < -0.39 is 41.9 Å². The molecule has 0 saturated carbocycles. The summed E-state index contributed by atoms with van der Waals surface area (Å²) < 4.78 is 69.2. The van der Waals surface area contributed by atoms with E-state index in [-0.39, 0.29) is 58.2 Å². The minimum atomic E-state index is -4.61. The summed E-state index contributed by atoms with van der Waals surface area (Å²) in [5.74, 6) is -2.47. The fraction of sp³-hybridized carbons (Fsp3) is 0.296. The zero-order chi connectivity index (χ0) is 29.6. The molecule has 3 rings (SSSR count). The standard InChI is InChI=1S/C27H25ClF4N2O6/c1-38-8-7-21(22(35)10-15-3-5-17(26(33)37)20(29)9-15)34-13-24(39-2)19(12-25(34)36)18-11-16(28)4-6-23(18)40-14-27(30,31)32/h3-6,9,11-13,21H,7-8,10,14H2,1-2H3,(H2,33,37). The Morgan fingerprint density at radius 3 is 2.35 bits per heavy atom. The van der Waals surface area contributed by atoms with Gasteiger partial charge in [0, 0.05) is 42.4 Å². The van der Waals surface area contributed by atoms with Crippen LogP contribution in [0.4, 0.5) is 17.6 Å². The highest BCUT2D eigenvalue weighted by Gasteiger charge is 2.30. The molecule has 1 aromatic heterocycles. The lowest BCUT2D eigenvalue weighted by atomic mass is 9.99. The number of carbonyl (C=O) groups excluding carboxylic acids is 2. The Morgan fingerprint density at radius 1 is 1.05 bits per heavy atom. The third kappa shape index (κ3) is 7.60. The van der Waals surface area contributed by atoms with Crippen LogP contribution in [0.5, 0.6) is 11.5 Å². The first kappa shape index (κ1) is 30.6. The maximum atomic E-state index is 14.2. The maximum absolute atomic E-state index is 14.2. The van der Waals surface area contributed by atoms with E-state index in [1.807, 2.05) is 0 Å². The summed E-state index contributed by atoms with van der Waals surface area (Å²) in [5, 5.41) is 0.170. The van der Waals surface area contributed by atoms with Crippen LogP contribution < -0.4 is 20.8 Å². The van der Waals surface area contributed by atoms with Gasteiger partial charge in [-0.2, -0.15) is 13.2 Å². The number of hydrogen-bond acceptors (Lipinski definition) is 6. The van der Waals surface area contributed by atoms with E-state index in [1.54, 1.807) is 0 Å². The molecule has 1 heterocycles. The summed E-state index contributed by atoms with van der Waals surface area (Å²) in [5.41, 5.74) is 4.52. The summed E-state index contributed by atoms with van der Waals surface area (Å²) in [6, 6.07) is 7.48. The number of hydrogen-bond donors (Lipinski definition) is 1. The molecule has 13 heteroatoms. The molecule has 0 spiro atoms. The topological polar surface area (TPSA) is 110 Å². The molecule has 0 bridgehead atoms. The number of alkyl halides is 3. The highest BCUT2D eigenvalue weighted by atomic mass is 35.5. The summed E-state index contributed by atoms with van der Waals surface area (Å²) in [7, 11) is 2.69. The number of ether oxygens (including phenoxy) is 3. The molecule has 1 atom stereocenters. The van der Waals surface area contributed by atoms with Crippen molar-refractivity contribution in [3.63, 3.8) is 0 Å². The van der Waals surface area contributed by atoms with E-state index in [0.29, 0.717) is 0 Å². The van der Waals surface area contributed by atoms with Gasteiger partial charge in [0.05, 0.1) is 24.9 Å². The van der Waals surface area contributed by atoms with Crippen molar-refractivity contribution in [2.45, 2.75) is 25.1 Å². The number of aromatic nitrogens is 1. The summed E-state index contributed by atoms with van der Waals surface area (Å²) in [6.07, 6.45) is -3.58. The molecular weight excluding hydrogens is 560 g/mol. The fourth-order valence-electron chi connectivity index (χ4n) is 4.02. The van der Waals surface area contributed by atoms with Crippen LogP contribution in [0.25, 0.3) is 11.1 Å². The molecule has 0 radical (unpaired) electrons. The zero-order valence-corrected chi connectivity index (χ0v) is 22.1. The fourth-order valence-corrected chi connectivity index (χ4v) is 4.19. The third-order valence-electron chi connectivity index (χ3n) is 5.87. The quantitative estimate of drug-likeness (QED) is 0.308. The molecule has 40 heavy (non-hydrogen) atoms. The normalized spacial score (nSPS) is 12.2. The number of benzene rings is 2. The molecule has 0 aliphatic rings. The molecule has 1 unspecified atom stereocenters. The number of methoxy groups -OCH3 is 2. The van der Waals surface area contributed by atoms with Crippen LogP contribution in [0.3, 0.4) is 0 Å². The van der Waals surface area contributed by atoms with E-state index in [9.17, 15) is 31.9 Å². The minimum absolute atomic E-state index is 0.0470. The van der Waals surface area contributed by atoms with E-state index in [4.69, 9.17) is 31.5 Å². The van der Waals surface area contributed by atoms with E-state index in [0.717, 1.165) is 22.8 Å². The van der Waals surface area contributed by atoms with Gasteiger partial charge in [0.25, 0.3) is 11.5 Å². The van der Waals surface area contributed by atoms with Crippen molar-refractivity contribution in [1.29, 1.82) is 0 Å². The number of primary amides is 1. The first-order valence-corrected chi connectivity index (χ1v) is 12.1. The zero-order valence-electron chi connectivity index (χ0n) is 21.4. The Kier molecular flexibility index (Phi) is 9.93. The van der Waals surface area contributed by atoms with Crippen LogP contribution in [0, 0.1) is 5.82 Å². The van der Waals surface area contributed by atoms with Gasteiger partial charge in [-0.1, -0.05) is 17.7 Å². The SMILES string of the molecule is COCCC(C(=O)Cc1ccc(C(N)=O)c(F)c1)n1cc(OC)c(-c2cc(Cl)ccc2OCC(F)(F)F)cc1=O. The minimum Gasteiger partial charge on any atom is -0.495 e. The summed E-state index contributed by atoms with van der Waals surface area (Å²) >= 11 is 6.07. The van der Waals surface area contributed by atoms with Gasteiger partial charge < -0.3 is 24.5 Å². The molecular formula is C27H25ClF4N2O6. The van der Waals surface area contributed by atoms with Gasteiger partial charge in [-0.15, -0.1) is 0 Å². The molecule has 0 fully saturated rings. The number of amides is 1. The van der Waals surface area contributed by atoms with Crippen LogP contribution in [-0.4, -0.2) is 49.9 Å². The van der Waals surface area contributed by atoms with Crippen LogP contribution >= 0.6 is 11.6 Å². The molecule has 1 amide bonds. The van der Waals surface area contributed by atoms with Gasteiger partial charge in [-0.05, 0) is 42.3 Å². The summed E-state index contributed by atoms with van der Waals surface area (Å²) in [6.45, 7) is -1.48. The van der Waals surface area contributed by atoms with E-state index in [1.165, 1.54) is 44.7 Å². The van der Waals surface area contributed by atoms with Gasteiger partial charge >= 0.3 is 6.18 Å². The number of nitrogens with zero attached hydrogens (tertiary/aromatic N) is 1. The lowest BCUT2D eigenvalue weighted by Crippen LogP contribution is -2.31. The molecule has 0 saturated heterocycles. The average molecular weight is 585 g/mol. The first-order valence-electron chi connectivity index (χ1n) is 11.7. The van der Waals surface area contributed by atoms with Crippen molar-refractivity contribution in [2.24, 2.45) is 5.73 Å². The molecule has 2 aromatic carbocycles. The monoisotopic (exact) mass is 584 g/mol. The molecule has 8 nitrogen and oxygen atoms in total. The number of carbonyl (C=O) groups is 2. The van der Waals surface area contributed by atoms with Gasteiger partial charge in [0.1, 0.15) is 17.3 Å². The number of nitrogens with two attached hydrogens (primary N) is 1. The van der Waals surface area contributed by atoms with Crippen molar-refractivity contribution in [3.8, 4) is 22.6 Å². The van der Waals surface area contributed by atoms with Gasteiger partial charge in [0.15, 0.2) is 12.4 Å². The smallest absolute Gasteiger partial charge is 0.422 e. The van der Waals surface area contributed by atoms with Crippen molar-refractivity contribution in [1.82, 2.24) is 4.57 Å². The third-order valence-corrected chi connectivity index (χ3v) is 6.10. The number of ketones is 1. The molecule has 0 aliphatic carbocycles. The second kappa shape index (κ2) is 13.0. The Labute approximate surface area is 231 Å². The van der Waals surface area contributed by atoms with Crippen LogP contribution in [0.2, 0.25) is 5.02 Å². The van der Waals surface area contributed by atoms with E-state index >= 15 is 0 Å². The van der Waals surface area contributed by atoms with Crippen LogP contribution in [0.1, 0.15) is 28.4 Å². The Balaban J connectivity index is 2.03. The lowest BCUT2D eigenvalue weighted by molar-refractivity contribution is -0.153. The number of pyridine rings is 1. The second-order valence-corrected chi connectivity index (χ2v) is 9.10. The number of rotatable bonds is 12. The molecule has 214 valence electrons. The van der Waals surface area contributed by atoms with Gasteiger partial charge in [0.2, 0.25) is 0 Å². The predicted molar refractivity (Wildman–Crippen MR) is 138 cm³/mol. The Morgan fingerprint density at radius 2 is 1.75 bits per heavy atom. The maximum Gasteiger partial charge on any atom is 0.422 e. The lowest BCUT2D eigenvalue weighted by Gasteiger charge is -2.21. The highest BCUT2D eigenvalue weighted by molar-refractivity contribution is 6.31. The predicted octanol–water partition coefficient (Wildman–Crippen LogP) is 4.75. The first-order chi connectivity index (χ1) is 18.8. The molecule has 3 aromatic rings.